The summed E-state index contributed by atoms with van der Waals surface area (Å²) in [6.45, 7) is 5.80. The number of primary amides is 1. The number of hydrogen-bond donors (Lipinski definition) is 3. The fraction of sp³-hybridized carbons (Fsp3) is 0.429. The molecule has 1 atom stereocenters. The van der Waals surface area contributed by atoms with E-state index < -0.39 is 12.1 Å². The fourth-order valence-electron chi connectivity index (χ4n) is 1.82. The van der Waals surface area contributed by atoms with Crippen LogP contribution < -0.4 is 16.4 Å². The molecule has 0 saturated carbocycles. The number of carbonyl (C=O) groups excluding carboxylic acids is 2. The third kappa shape index (κ3) is 5.09. The lowest BCUT2D eigenvalue weighted by Crippen LogP contribution is -2.46. The van der Waals surface area contributed by atoms with Crippen LogP contribution in [0.25, 0.3) is 0 Å². The van der Waals surface area contributed by atoms with Crippen molar-refractivity contribution in [3.05, 3.63) is 28.8 Å². The van der Waals surface area contributed by atoms with Crippen LogP contribution in [0.2, 0.25) is 5.02 Å². The molecule has 0 aliphatic heterocycles. The number of amides is 3. The SMILES string of the molecule is Cc1ccc(Cl)cc1NC(=O)[C@@H](CC(C)C)NC(N)=O. The Morgan fingerprint density at radius 2 is 2.00 bits per heavy atom. The summed E-state index contributed by atoms with van der Waals surface area (Å²) >= 11 is 5.91. The summed E-state index contributed by atoms with van der Waals surface area (Å²) < 4.78 is 0. The van der Waals surface area contributed by atoms with Gasteiger partial charge in [-0.05, 0) is 37.0 Å². The van der Waals surface area contributed by atoms with E-state index in [0.29, 0.717) is 17.1 Å². The van der Waals surface area contributed by atoms with Crippen LogP contribution in [0.4, 0.5) is 10.5 Å². The second-order valence-electron chi connectivity index (χ2n) is 5.14. The Balaban J connectivity index is 2.84. The van der Waals surface area contributed by atoms with Gasteiger partial charge in [0, 0.05) is 10.7 Å². The molecule has 3 amide bonds. The fourth-order valence-corrected chi connectivity index (χ4v) is 2.00. The Morgan fingerprint density at radius 3 is 2.55 bits per heavy atom. The first-order chi connectivity index (χ1) is 9.29. The maximum absolute atomic E-state index is 12.2. The van der Waals surface area contributed by atoms with Gasteiger partial charge in [0.05, 0.1) is 0 Å². The van der Waals surface area contributed by atoms with Gasteiger partial charge in [0.1, 0.15) is 6.04 Å². The van der Waals surface area contributed by atoms with Gasteiger partial charge in [-0.2, -0.15) is 0 Å². The van der Waals surface area contributed by atoms with Crippen LogP contribution in [-0.4, -0.2) is 18.0 Å². The van der Waals surface area contributed by atoms with Crippen molar-refractivity contribution in [3.63, 3.8) is 0 Å². The molecule has 0 radical (unpaired) electrons. The number of aryl methyl sites for hydroxylation is 1. The smallest absolute Gasteiger partial charge is 0.312 e. The van der Waals surface area contributed by atoms with Gasteiger partial charge in [-0.1, -0.05) is 31.5 Å². The average Bonchev–Trinajstić information content (AvgIpc) is 2.31. The first-order valence-electron chi connectivity index (χ1n) is 6.42. The number of nitrogens with two attached hydrogens (primary N) is 1. The van der Waals surface area contributed by atoms with Gasteiger partial charge in [-0.15, -0.1) is 0 Å². The highest BCUT2D eigenvalue weighted by atomic mass is 35.5. The van der Waals surface area contributed by atoms with Crippen LogP contribution in [0.3, 0.4) is 0 Å². The van der Waals surface area contributed by atoms with E-state index >= 15 is 0 Å². The minimum atomic E-state index is -0.714. The van der Waals surface area contributed by atoms with Crippen molar-refractivity contribution in [2.45, 2.75) is 33.2 Å². The third-order valence-electron chi connectivity index (χ3n) is 2.80. The summed E-state index contributed by atoms with van der Waals surface area (Å²) in [5, 5.41) is 5.76. The van der Waals surface area contributed by atoms with Crippen LogP contribution in [0.1, 0.15) is 25.8 Å². The van der Waals surface area contributed by atoms with Crippen LogP contribution in [0.5, 0.6) is 0 Å². The summed E-state index contributed by atoms with van der Waals surface area (Å²) in [7, 11) is 0. The first-order valence-corrected chi connectivity index (χ1v) is 6.80. The molecule has 0 bridgehead atoms. The van der Waals surface area contributed by atoms with Gasteiger partial charge in [0.25, 0.3) is 0 Å². The molecule has 0 saturated heterocycles. The molecule has 5 nitrogen and oxygen atoms in total. The molecule has 4 N–H and O–H groups in total. The zero-order valence-electron chi connectivity index (χ0n) is 11.9. The van der Waals surface area contributed by atoms with Gasteiger partial charge < -0.3 is 16.4 Å². The van der Waals surface area contributed by atoms with Gasteiger partial charge >= 0.3 is 6.03 Å². The van der Waals surface area contributed by atoms with Crippen LogP contribution in [0, 0.1) is 12.8 Å². The number of anilines is 1. The molecule has 1 aromatic carbocycles. The molecule has 20 heavy (non-hydrogen) atoms. The second-order valence-corrected chi connectivity index (χ2v) is 5.58. The largest absolute Gasteiger partial charge is 0.352 e. The number of nitrogens with one attached hydrogen (secondary N) is 2. The van der Waals surface area contributed by atoms with Gasteiger partial charge in [-0.25, -0.2) is 4.79 Å². The number of rotatable bonds is 5. The highest BCUT2D eigenvalue weighted by Crippen LogP contribution is 2.20. The Hall–Kier alpha value is -1.75. The molecular weight excluding hydrogens is 278 g/mol. The summed E-state index contributed by atoms with van der Waals surface area (Å²) in [6.07, 6.45) is 0.508. The van der Waals surface area contributed by atoms with Crippen molar-refractivity contribution < 1.29 is 9.59 Å². The van der Waals surface area contributed by atoms with E-state index in [1.807, 2.05) is 26.8 Å². The van der Waals surface area contributed by atoms with E-state index in [1.165, 1.54) is 0 Å². The van der Waals surface area contributed by atoms with Crippen LogP contribution >= 0.6 is 11.6 Å². The van der Waals surface area contributed by atoms with Gasteiger partial charge in [0.15, 0.2) is 0 Å². The topological polar surface area (TPSA) is 84.2 Å². The van der Waals surface area contributed by atoms with Crippen LogP contribution in [-0.2, 0) is 4.79 Å². The van der Waals surface area contributed by atoms with Gasteiger partial charge in [0.2, 0.25) is 5.91 Å². The normalized spacial score (nSPS) is 12.1. The lowest BCUT2D eigenvalue weighted by atomic mass is 10.0. The molecule has 0 aliphatic carbocycles. The molecule has 0 unspecified atom stereocenters. The van der Waals surface area contributed by atoms with E-state index in [4.69, 9.17) is 17.3 Å². The Bertz CT molecular complexity index is 503. The molecule has 0 fully saturated rings. The zero-order chi connectivity index (χ0) is 15.3. The zero-order valence-corrected chi connectivity index (χ0v) is 12.6. The van der Waals surface area contributed by atoms with Crippen LogP contribution in [0.15, 0.2) is 18.2 Å². The number of halogens is 1. The molecule has 0 aromatic heterocycles. The lowest BCUT2D eigenvalue weighted by molar-refractivity contribution is -0.118. The molecule has 0 aliphatic rings. The quantitative estimate of drug-likeness (QED) is 0.780. The van der Waals surface area contributed by atoms with Gasteiger partial charge in [-0.3, -0.25) is 4.79 Å². The predicted octanol–water partition coefficient (Wildman–Crippen LogP) is 2.67. The maximum atomic E-state index is 12.2. The van der Waals surface area contributed by atoms with E-state index in [0.717, 1.165) is 5.56 Å². The molecule has 0 heterocycles. The van der Waals surface area contributed by atoms with Crippen molar-refractivity contribution >= 4 is 29.2 Å². The molecule has 1 aromatic rings. The van der Waals surface area contributed by atoms with Crippen molar-refractivity contribution in [2.75, 3.05) is 5.32 Å². The Kier molecular flexibility index (Phi) is 5.82. The maximum Gasteiger partial charge on any atom is 0.312 e. The number of hydrogen-bond acceptors (Lipinski definition) is 2. The predicted molar refractivity (Wildman–Crippen MR) is 80.8 cm³/mol. The van der Waals surface area contributed by atoms with Crippen molar-refractivity contribution in [3.8, 4) is 0 Å². The molecule has 6 heteroatoms. The average molecular weight is 298 g/mol. The summed E-state index contributed by atoms with van der Waals surface area (Å²) in [5.74, 6) is -0.0547. The number of benzene rings is 1. The summed E-state index contributed by atoms with van der Waals surface area (Å²) in [5.41, 5.74) is 6.62. The number of carbonyl (C=O) groups is 2. The monoisotopic (exact) mass is 297 g/mol. The van der Waals surface area contributed by atoms with Crippen molar-refractivity contribution in [1.29, 1.82) is 0 Å². The third-order valence-corrected chi connectivity index (χ3v) is 3.03. The lowest BCUT2D eigenvalue weighted by Gasteiger charge is -2.19. The summed E-state index contributed by atoms with van der Waals surface area (Å²) in [4.78, 5) is 23.2. The first kappa shape index (κ1) is 16.3. The van der Waals surface area contributed by atoms with E-state index in [-0.39, 0.29) is 11.8 Å². The van der Waals surface area contributed by atoms with E-state index in [1.54, 1.807) is 12.1 Å². The van der Waals surface area contributed by atoms with E-state index in [9.17, 15) is 9.59 Å². The Morgan fingerprint density at radius 1 is 1.35 bits per heavy atom. The minimum absolute atomic E-state index is 0.248. The standard InChI is InChI=1S/C14H20ClN3O2/c1-8(2)6-12(18-14(16)20)13(19)17-11-7-10(15)5-4-9(11)3/h4-5,7-8,12H,6H2,1-3H3,(H,17,19)(H3,16,18,20)/t12-/m1/s1. The van der Waals surface area contributed by atoms with Crippen molar-refractivity contribution in [1.82, 2.24) is 5.32 Å². The highest BCUT2D eigenvalue weighted by molar-refractivity contribution is 6.31. The molecule has 0 spiro atoms. The Labute approximate surface area is 123 Å². The van der Waals surface area contributed by atoms with Crippen molar-refractivity contribution in [2.24, 2.45) is 11.7 Å². The van der Waals surface area contributed by atoms with E-state index in [2.05, 4.69) is 10.6 Å². The summed E-state index contributed by atoms with van der Waals surface area (Å²) in [6, 6.07) is 3.86. The molecule has 110 valence electrons. The molecular formula is C14H20ClN3O2. The molecule has 1 rings (SSSR count). The minimum Gasteiger partial charge on any atom is -0.352 e. The second kappa shape index (κ2) is 7.14. The highest BCUT2D eigenvalue weighted by Gasteiger charge is 2.21. The number of urea groups is 1.